The lowest BCUT2D eigenvalue weighted by molar-refractivity contribution is 0.0913. The molecule has 0 aliphatic carbocycles. The van der Waals surface area contributed by atoms with E-state index in [1.165, 1.54) is 6.42 Å². The molecule has 1 unspecified atom stereocenters. The zero-order valence-corrected chi connectivity index (χ0v) is 8.87. The quantitative estimate of drug-likeness (QED) is 0.538. The fourth-order valence-electron chi connectivity index (χ4n) is 2.51. The topological polar surface area (TPSA) is 47.5 Å². The van der Waals surface area contributed by atoms with E-state index in [2.05, 4.69) is 22.6 Å². The highest BCUT2D eigenvalue weighted by Crippen LogP contribution is 2.13. The third kappa shape index (κ3) is 2.25. The van der Waals surface area contributed by atoms with E-state index in [4.69, 9.17) is 0 Å². The zero-order valence-electron chi connectivity index (χ0n) is 8.87. The van der Waals surface area contributed by atoms with Crippen LogP contribution in [0.15, 0.2) is 0 Å². The first kappa shape index (κ1) is 10.4. The molecule has 2 saturated heterocycles. The maximum absolute atomic E-state index is 9.71. The first-order chi connectivity index (χ1) is 6.77. The number of aliphatic hydroxyl groups is 1. The number of hydrogen-bond donors (Lipinski definition) is 3. The predicted octanol–water partition coefficient (Wildman–Crippen LogP) is -1.14. The molecule has 4 nitrogen and oxygen atoms in total. The van der Waals surface area contributed by atoms with E-state index < -0.39 is 0 Å². The van der Waals surface area contributed by atoms with Crippen LogP contribution in [0.3, 0.4) is 0 Å². The van der Waals surface area contributed by atoms with Gasteiger partial charge in [-0.2, -0.15) is 0 Å². The van der Waals surface area contributed by atoms with Gasteiger partial charge in [0.2, 0.25) is 0 Å². The van der Waals surface area contributed by atoms with E-state index in [1.807, 2.05) is 0 Å². The zero-order chi connectivity index (χ0) is 9.97. The van der Waals surface area contributed by atoms with Crippen molar-refractivity contribution in [3.05, 3.63) is 0 Å². The van der Waals surface area contributed by atoms with Gasteiger partial charge in [-0.05, 0) is 32.5 Å². The maximum atomic E-state index is 9.71. The largest absolute Gasteiger partial charge is 0.390 e. The second-order valence-electron chi connectivity index (χ2n) is 4.59. The van der Waals surface area contributed by atoms with Gasteiger partial charge in [-0.3, -0.25) is 4.90 Å². The van der Waals surface area contributed by atoms with Gasteiger partial charge in [-0.1, -0.05) is 0 Å². The molecule has 2 heterocycles. The van der Waals surface area contributed by atoms with Crippen LogP contribution in [0.2, 0.25) is 0 Å². The van der Waals surface area contributed by atoms with Crippen LogP contribution in [-0.2, 0) is 0 Å². The summed E-state index contributed by atoms with van der Waals surface area (Å²) in [5, 5.41) is 16.3. The SMILES string of the molecule is CN(CC1CCNC1)[C@@H]1CNC[C@H]1O. The van der Waals surface area contributed by atoms with Gasteiger partial charge in [0.15, 0.2) is 0 Å². The lowest BCUT2D eigenvalue weighted by Gasteiger charge is -2.28. The summed E-state index contributed by atoms with van der Waals surface area (Å²) in [7, 11) is 2.12. The standard InChI is InChI=1S/C10H21N3O/c1-13(7-8-2-3-11-4-8)9-5-12-6-10(9)14/h8-12,14H,2-7H2,1H3/t8?,9-,10-/m1/s1. The molecule has 0 aromatic rings. The van der Waals surface area contributed by atoms with Gasteiger partial charge in [0.1, 0.15) is 0 Å². The fourth-order valence-corrected chi connectivity index (χ4v) is 2.51. The van der Waals surface area contributed by atoms with Crippen LogP contribution in [0.4, 0.5) is 0 Å². The van der Waals surface area contributed by atoms with Crippen molar-refractivity contribution in [2.45, 2.75) is 18.6 Å². The van der Waals surface area contributed by atoms with E-state index in [0.717, 1.165) is 38.6 Å². The van der Waals surface area contributed by atoms with Crippen LogP contribution in [0.5, 0.6) is 0 Å². The van der Waals surface area contributed by atoms with Gasteiger partial charge in [0.25, 0.3) is 0 Å². The Hall–Kier alpha value is -0.160. The molecule has 0 amide bonds. The Balaban J connectivity index is 1.78. The second-order valence-corrected chi connectivity index (χ2v) is 4.59. The predicted molar refractivity (Wildman–Crippen MR) is 56.3 cm³/mol. The number of aliphatic hydroxyl groups excluding tert-OH is 1. The summed E-state index contributed by atoms with van der Waals surface area (Å²) >= 11 is 0. The normalized spacial score (nSPS) is 38.4. The third-order valence-corrected chi connectivity index (χ3v) is 3.43. The highest BCUT2D eigenvalue weighted by Gasteiger charge is 2.29. The Bertz CT molecular complexity index is 182. The lowest BCUT2D eigenvalue weighted by Crippen LogP contribution is -2.43. The highest BCUT2D eigenvalue weighted by molar-refractivity contribution is 4.88. The molecule has 3 atom stereocenters. The minimum Gasteiger partial charge on any atom is -0.390 e. The monoisotopic (exact) mass is 199 g/mol. The van der Waals surface area contributed by atoms with Crippen molar-refractivity contribution in [2.75, 3.05) is 39.8 Å². The van der Waals surface area contributed by atoms with Crippen LogP contribution in [0, 0.1) is 5.92 Å². The van der Waals surface area contributed by atoms with Crippen LogP contribution >= 0.6 is 0 Å². The summed E-state index contributed by atoms with van der Waals surface area (Å²) in [5.74, 6) is 0.771. The molecule has 14 heavy (non-hydrogen) atoms. The second kappa shape index (κ2) is 4.57. The Kier molecular flexibility index (Phi) is 3.38. The van der Waals surface area contributed by atoms with E-state index in [1.54, 1.807) is 0 Å². The van der Waals surface area contributed by atoms with Gasteiger partial charge in [-0.15, -0.1) is 0 Å². The van der Waals surface area contributed by atoms with Gasteiger partial charge in [0, 0.05) is 25.7 Å². The van der Waals surface area contributed by atoms with Crippen LogP contribution in [0.1, 0.15) is 6.42 Å². The van der Waals surface area contributed by atoms with Gasteiger partial charge < -0.3 is 15.7 Å². The molecule has 2 rings (SSSR count). The van der Waals surface area contributed by atoms with Crippen molar-refractivity contribution in [1.29, 1.82) is 0 Å². The molecule has 0 aromatic heterocycles. The minimum absolute atomic E-state index is 0.186. The van der Waals surface area contributed by atoms with Gasteiger partial charge >= 0.3 is 0 Å². The first-order valence-electron chi connectivity index (χ1n) is 5.57. The number of β-amino-alcohol motifs (C(OH)–C–C–N with tert-alkyl or cyclic N) is 1. The number of nitrogens with one attached hydrogen (secondary N) is 2. The molecule has 2 aliphatic heterocycles. The van der Waals surface area contributed by atoms with Gasteiger partial charge in [-0.25, -0.2) is 0 Å². The molecule has 0 radical (unpaired) electrons. The van der Waals surface area contributed by atoms with Crippen molar-refractivity contribution in [3.8, 4) is 0 Å². The molecule has 0 aromatic carbocycles. The summed E-state index contributed by atoms with van der Waals surface area (Å²) in [6.07, 6.45) is 1.09. The van der Waals surface area contributed by atoms with Crippen molar-refractivity contribution >= 4 is 0 Å². The minimum atomic E-state index is -0.186. The molecule has 4 heteroatoms. The Morgan fingerprint density at radius 2 is 2.14 bits per heavy atom. The molecule has 0 bridgehead atoms. The lowest BCUT2D eigenvalue weighted by atomic mass is 10.1. The molecule has 2 aliphatic rings. The molecule has 2 fully saturated rings. The Labute approximate surface area is 85.7 Å². The van der Waals surface area contributed by atoms with Crippen LogP contribution in [0.25, 0.3) is 0 Å². The number of nitrogens with zero attached hydrogens (tertiary/aromatic N) is 1. The average molecular weight is 199 g/mol. The number of rotatable bonds is 3. The molecule has 0 spiro atoms. The average Bonchev–Trinajstić information content (AvgIpc) is 2.75. The summed E-state index contributed by atoms with van der Waals surface area (Å²) < 4.78 is 0. The fraction of sp³-hybridized carbons (Fsp3) is 1.00. The van der Waals surface area contributed by atoms with E-state index in [-0.39, 0.29) is 6.10 Å². The molecular formula is C10H21N3O. The Morgan fingerprint density at radius 3 is 2.71 bits per heavy atom. The first-order valence-corrected chi connectivity index (χ1v) is 5.57. The van der Waals surface area contributed by atoms with E-state index >= 15 is 0 Å². The molecular weight excluding hydrogens is 178 g/mol. The Morgan fingerprint density at radius 1 is 1.29 bits per heavy atom. The smallest absolute Gasteiger partial charge is 0.0831 e. The highest BCUT2D eigenvalue weighted by atomic mass is 16.3. The summed E-state index contributed by atoms with van der Waals surface area (Å²) in [5.41, 5.74) is 0. The van der Waals surface area contributed by atoms with Gasteiger partial charge in [0.05, 0.1) is 6.10 Å². The third-order valence-electron chi connectivity index (χ3n) is 3.43. The van der Waals surface area contributed by atoms with Crippen molar-refractivity contribution in [3.63, 3.8) is 0 Å². The van der Waals surface area contributed by atoms with E-state index in [9.17, 15) is 5.11 Å². The molecule has 82 valence electrons. The summed E-state index contributed by atoms with van der Waals surface area (Å²) in [4.78, 5) is 2.31. The van der Waals surface area contributed by atoms with Crippen molar-refractivity contribution < 1.29 is 5.11 Å². The summed E-state index contributed by atoms with van der Waals surface area (Å²) in [6, 6.07) is 0.315. The molecule has 3 N–H and O–H groups in total. The molecule has 0 saturated carbocycles. The van der Waals surface area contributed by atoms with Crippen molar-refractivity contribution in [2.24, 2.45) is 5.92 Å². The maximum Gasteiger partial charge on any atom is 0.0831 e. The van der Waals surface area contributed by atoms with E-state index in [0.29, 0.717) is 6.04 Å². The van der Waals surface area contributed by atoms with Crippen molar-refractivity contribution in [1.82, 2.24) is 15.5 Å². The number of likely N-dealkylation sites (N-methyl/N-ethyl adjacent to an activating group) is 1. The van der Waals surface area contributed by atoms with Crippen LogP contribution < -0.4 is 10.6 Å². The summed E-state index contributed by atoms with van der Waals surface area (Å²) in [6.45, 7) is 5.08. The number of hydrogen-bond acceptors (Lipinski definition) is 4. The van der Waals surface area contributed by atoms with Crippen LogP contribution in [-0.4, -0.2) is 61.9 Å².